The summed E-state index contributed by atoms with van der Waals surface area (Å²) in [5.74, 6) is -1.04. The molecule has 2 aliphatic carbocycles. The lowest BCUT2D eigenvalue weighted by atomic mass is 9.58. The lowest BCUT2D eigenvalue weighted by Gasteiger charge is -2.55. The van der Waals surface area contributed by atoms with Gasteiger partial charge in [-0.25, -0.2) is 4.79 Å². The van der Waals surface area contributed by atoms with Crippen LogP contribution in [0.15, 0.2) is 54.6 Å². The molecule has 1 amide bonds. The maximum absolute atomic E-state index is 13.5. The van der Waals surface area contributed by atoms with Crippen LogP contribution in [-0.2, 0) is 16.1 Å². The Bertz CT molecular complexity index is 1070. The van der Waals surface area contributed by atoms with Crippen molar-refractivity contribution in [3.63, 3.8) is 0 Å². The van der Waals surface area contributed by atoms with Gasteiger partial charge in [-0.3, -0.25) is 15.0 Å². The number of carbonyl (C=O) groups is 2. The maximum atomic E-state index is 13.5. The van der Waals surface area contributed by atoms with E-state index in [4.69, 9.17) is 4.74 Å². The van der Waals surface area contributed by atoms with Crippen molar-refractivity contribution < 1.29 is 19.4 Å². The summed E-state index contributed by atoms with van der Waals surface area (Å²) in [5, 5.41) is 14.2. The third kappa shape index (κ3) is 3.68. The van der Waals surface area contributed by atoms with Gasteiger partial charge in [0, 0.05) is 18.0 Å². The van der Waals surface area contributed by atoms with Crippen LogP contribution in [0.2, 0.25) is 0 Å². The van der Waals surface area contributed by atoms with Gasteiger partial charge in [0.25, 0.3) is 0 Å². The standard InChI is InChI=1S/C28H34N2O4/c1-3-28(25(31)32,29-20-15-16-20)24-21-12-7-8-13-22(21)30(23-14-9-17-27(23,24)2)26(33)34-18-19-10-5-4-6-11-19/h4-8,10-13,20,23-24,29H,3,9,14-18H2,1-2H3,(H,31,32). The van der Waals surface area contributed by atoms with Gasteiger partial charge in [-0.15, -0.1) is 0 Å². The van der Waals surface area contributed by atoms with Crippen LogP contribution in [-0.4, -0.2) is 34.8 Å². The summed E-state index contributed by atoms with van der Waals surface area (Å²) in [6, 6.07) is 17.7. The molecule has 2 aromatic carbocycles. The second-order valence-corrected chi connectivity index (χ2v) is 10.4. The number of carboxylic acids is 1. The Balaban J connectivity index is 1.57. The molecular weight excluding hydrogens is 428 g/mol. The third-order valence-electron chi connectivity index (χ3n) is 8.31. The molecule has 6 heteroatoms. The van der Waals surface area contributed by atoms with E-state index in [2.05, 4.69) is 12.2 Å². The number of carboxylic acid groups (broad SMARTS) is 1. The van der Waals surface area contributed by atoms with Crippen molar-refractivity contribution in [2.75, 3.05) is 4.90 Å². The summed E-state index contributed by atoms with van der Waals surface area (Å²) >= 11 is 0. The van der Waals surface area contributed by atoms with E-state index in [-0.39, 0.29) is 36.1 Å². The molecule has 0 bridgehead atoms. The molecule has 2 fully saturated rings. The molecule has 0 saturated heterocycles. The zero-order chi connectivity index (χ0) is 23.9. The lowest BCUT2D eigenvalue weighted by molar-refractivity contribution is -0.148. The highest BCUT2D eigenvalue weighted by Crippen LogP contribution is 2.61. The van der Waals surface area contributed by atoms with Gasteiger partial charge in [0.2, 0.25) is 0 Å². The number of ether oxygens (including phenoxy) is 1. The van der Waals surface area contributed by atoms with E-state index in [9.17, 15) is 14.7 Å². The van der Waals surface area contributed by atoms with Gasteiger partial charge in [-0.05, 0) is 54.7 Å². The SMILES string of the molecule is CCC(NC1CC1)(C(=O)O)C1c2ccccc2N(C(=O)OCc2ccccc2)C2CCCC21C. The summed E-state index contributed by atoms with van der Waals surface area (Å²) in [7, 11) is 0. The number of carbonyl (C=O) groups excluding carboxylic acids is 1. The molecular formula is C28H34N2O4. The van der Waals surface area contributed by atoms with Crippen LogP contribution >= 0.6 is 0 Å². The Kier molecular flexibility index (Phi) is 5.88. The molecule has 4 atom stereocenters. The van der Waals surface area contributed by atoms with Crippen LogP contribution in [0, 0.1) is 5.41 Å². The van der Waals surface area contributed by atoms with Gasteiger partial charge in [-0.1, -0.05) is 68.8 Å². The predicted octanol–water partition coefficient (Wildman–Crippen LogP) is 5.47. The van der Waals surface area contributed by atoms with Crippen LogP contribution in [0.25, 0.3) is 0 Å². The van der Waals surface area contributed by atoms with Gasteiger partial charge in [0.05, 0.1) is 5.69 Å². The monoisotopic (exact) mass is 462 g/mol. The highest BCUT2D eigenvalue weighted by Gasteiger charge is 2.63. The minimum Gasteiger partial charge on any atom is -0.480 e. The first-order valence-electron chi connectivity index (χ1n) is 12.5. The summed E-state index contributed by atoms with van der Waals surface area (Å²) in [5.41, 5.74) is 1.20. The van der Waals surface area contributed by atoms with Crippen molar-refractivity contribution in [2.45, 2.75) is 82.5 Å². The zero-order valence-corrected chi connectivity index (χ0v) is 20.0. The van der Waals surface area contributed by atoms with Crippen LogP contribution in [0.5, 0.6) is 0 Å². The molecule has 2 aromatic rings. The number of hydrogen-bond donors (Lipinski definition) is 2. The summed E-state index contributed by atoms with van der Waals surface area (Å²) < 4.78 is 5.80. The number of para-hydroxylation sites is 1. The first-order chi connectivity index (χ1) is 16.4. The molecule has 1 heterocycles. The molecule has 2 saturated carbocycles. The molecule has 0 radical (unpaired) electrons. The minimum atomic E-state index is -1.07. The second kappa shape index (κ2) is 8.73. The van der Waals surface area contributed by atoms with E-state index in [0.717, 1.165) is 48.9 Å². The average Bonchev–Trinajstić information content (AvgIpc) is 3.58. The fraction of sp³-hybridized carbons (Fsp3) is 0.500. The predicted molar refractivity (Wildman–Crippen MR) is 131 cm³/mol. The molecule has 34 heavy (non-hydrogen) atoms. The number of anilines is 1. The Morgan fingerprint density at radius 1 is 1.12 bits per heavy atom. The molecule has 1 aliphatic heterocycles. The van der Waals surface area contributed by atoms with E-state index in [0.29, 0.717) is 6.42 Å². The molecule has 6 nitrogen and oxygen atoms in total. The van der Waals surface area contributed by atoms with Gasteiger partial charge >= 0.3 is 12.1 Å². The summed E-state index contributed by atoms with van der Waals surface area (Å²) in [6.07, 6.45) is 4.82. The van der Waals surface area contributed by atoms with E-state index in [1.54, 1.807) is 0 Å². The molecule has 0 aromatic heterocycles. The number of benzene rings is 2. The number of amides is 1. The van der Waals surface area contributed by atoms with Crippen molar-refractivity contribution in [1.29, 1.82) is 0 Å². The van der Waals surface area contributed by atoms with Crippen LogP contribution in [0.1, 0.15) is 69.4 Å². The van der Waals surface area contributed by atoms with Crippen molar-refractivity contribution in [3.8, 4) is 0 Å². The Morgan fingerprint density at radius 3 is 2.50 bits per heavy atom. The molecule has 180 valence electrons. The Labute approximate surface area is 201 Å². The second-order valence-electron chi connectivity index (χ2n) is 10.4. The van der Waals surface area contributed by atoms with Gasteiger partial charge in [-0.2, -0.15) is 0 Å². The van der Waals surface area contributed by atoms with E-state index < -0.39 is 11.5 Å². The van der Waals surface area contributed by atoms with Crippen molar-refractivity contribution in [3.05, 3.63) is 65.7 Å². The smallest absolute Gasteiger partial charge is 0.414 e. The number of fused-ring (bicyclic) bond motifs is 2. The zero-order valence-electron chi connectivity index (χ0n) is 20.0. The van der Waals surface area contributed by atoms with Crippen molar-refractivity contribution >= 4 is 17.7 Å². The fourth-order valence-electron chi connectivity index (χ4n) is 6.57. The largest absolute Gasteiger partial charge is 0.480 e. The Hall–Kier alpha value is -2.86. The molecule has 3 aliphatic rings. The summed E-state index contributed by atoms with van der Waals surface area (Å²) in [4.78, 5) is 28.3. The fourth-order valence-corrected chi connectivity index (χ4v) is 6.57. The molecule has 2 N–H and O–H groups in total. The van der Waals surface area contributed by atoms with Gasteiger partial charge in [0.1, 0.15) is 12.1 Å². The number of nitrogens with one attached hydrogen (secondary N) is 1. The average molecular weight is 463 g/mol. The van der Waals surface area contributed by atoms with Gasteiger partial charge < -0.3 is 9.84 Å². The quantitative estimate of drug-likeness (QED) is 0.570. The normalized spacial score (nSPS) is 27.4. The molecule has 4 unspecified atom stereocenters. The number of aliphatic carboxylic acids is 1. The van der Waals surface area contributed by atoms with E-state index >= 15 is 0 Å². The van der Waals surface area contributed by atoms with Crippen LogP contribution in [0.4, 0.5) is 10.5 Å². The highest BCUT2D eigenvalue weighted by molar-refractivity contribution is 5.92. The van der Waals surface area contributed by atoms with Crippen molar-refractivity contribution in [2.24, 2.45) is 5.41 Å². The lowest BCUT2D eigenvalue weighted by Crippen LogP contribution is -2.65. The number of hydrogen-bond acceptors (Lipinski definition) is 4. The van der Waals surface area contributed by atoms with Gasteiger partial charge in [0.15, 0.2) is 0 Å². The first kappa shape index (κ1) is 22.9. The van der Waals surface area contributed by atoms with Crippen LogP contribution in [0.3, 0.4) is 0 Å². The topological polar surface area (TPSA) is 78.9 Å². The number of nitrogens with zero attached hydrogens (tertiary/aromatic N) is 1. The van der Waals surface area contributed by atoms with Crippen molar-refractivity contribution in [1.82, 2.24) is 5.32 Å². The van der Waals surface area contributed by atoms with E-state index in [1.165, 1.54) is 0 Å². The first-order valence-corrected chi connectivity index (χ1v) is 12.5. The highest BCUT2D eigenvalue weighted by atomic mass is 16.6. The van der Waals surface area contributed by atoms with E-state index in [1.807, 2.05) is 66.4 Å². The third-order valence-corrected chi connectivity index (χ3v) is 8.31. The molecule has 0 spiro atoms. The number of rotatable bonds is 7. The Morgan fingerprint density at radius 2 is 1.82 bits per heavy atom. The summed E-state index contributed by atoms with van der Waals surface area (Å²) in [6.45, 7) is 4.37. The minimum absolute atomic E-state index is 0.109. The maximum Gasteiger partial charge on any atom is 0.414 e. The van der Waals surface area contributed by atoms with Crippen LogP contribution < -0.4 is 10.2 Å². The molecule has 5 rings (SSSR count).